The molecule has 37 heavy (non-hydrogen) atoms. The van der Waals surface area contributed by atoms with Crippen LogP contribution in [0.15, 0.2) is 97.1 Å². The van der Waals surface area contributed by atoms with E-state index in [-0.39, 0.29) is 0 Å². The minimum Gasteiger partial charge on any atom is -0.310 e. The van der Waals surface area contributed by atoms with Crippen LogP contribution in [-0.4, -0.2) is 8.97 Å². The maximum Gasteiger partial charge on any atom is 0.0620 e. The highest BCUT2D eigenvalue weighted by Gasteiger charge is 2.19. The van der Waals surface area contributed by atoms with Gasteiger partial charge in [0.15, 0.2) is 0 Å². The molecule has 0 saturated heterocycles. The van der Waals surface area contributed by atoms with E-state index in [1.54, 1.807) is 0 Å². The largest absolute Gasteiger partial charge is 0.310 e. The van der Waals surface area contributed by atoms with Gasteiger partial charge in [0.05, 0.1) is 22.1 Å². The molecule has 0 N–H and O–H groups in total. The van der Waals surface area contributed by atoms with Gasteiger partial charge in [-0.1, -0.05) is 79.7 Å². The Bertz CT molecular complexity index is 2350. The van der Waals surface area contributed by atoms with E-state index in [1.165, 1.54) is 76.0 Å². The van der Waals surface area contributed by atoms with Crippen molar-refractivity contribution in [3.63, 3.8) is 0 Å². The maximum absolute atomic E-state index is 2.48. The number of para-hydroxylation sites is 2. The molecule has 0 radical (unpaired) electrons. The molecule has 1 unspecified atom stereocenters. The number of hydrogen-bond donors (Lipinski definition) is 0. The molecule has 8 aromatic rings. The fraction of sp³-hybridized carbons (Fsp3) is 0.0857. The van der Waals surface area contributed by atoms with E-state index < -0.39 is 0 Å². The van der Waals surface area contributed by atoms with Crippen molar-refractivity contribution >= 4 is 71.9 Å². The Morgan fingerprint density at radius 1 is 0.622 bits per heavy atom. The third-order valence-corrected chi connectivity index (χ3v) is 8.51. The van der Waals surface area contributed by atoms with Gasteiger partial charge in [0.25, 0.3) is 0 Å². The Balaban J connectivity index is 1.42. The summed E-state index contributed by atoms with van der Waals surface area (Å²) in [7, 11) is 0. The molecule has 3 heterocycles. The second kappa shape index (κ2) is 6.80. The van der Waals surface area contributed by atoms with E-state index in [1.807, 2.05) is 0 Å². The van der Waals surface area contributed by atoms with Gasteiger partial charge in [0, 0.05) is 43.2 Å². The lowest BCUT2D eigenvalue weighted by Crippen LogP contribution is -2.31. The van der Waals surface area contributed by atoms with Crippen molar-refractivity contribution in [3.05, 3.63) is 108 Å². The molecular formula is C35H24N2. The van der Waals surface area contributed by atoms with Crippen LogP contribution < -0.4 is 10.6 Å². The molecule has 0 bridgehead atoms. The predicted octanol–water partition coefficient (Wildman–Crippen LogP) is 7.53. The fourth-order valence-corrected chi connectivity index (χ4v) is 6.88. The van der Waals surface area contributed by atoms with Crippen molar-refractivity contribution in [1.29, 1.82) is 0 Å². The molecule has 2 nitrogen and oxygen atoms in total. The Kier molecular flexibility index (Phi) is 3.61. The first-order valence-electron chi connectivity index (χ1n) is 13.2. The molecule has 3 aromatic heterocycles. The lowest BCUT2D eigenvalue weighted by molar-refractivity contribution is 0.795. The molecule has 0 amide bonds. The Morgan fingerprint density at radius 2 is 1.35 bits per heavy atom. The van der Waals surface area contributed by atoms with Gasteiger partial charge >= 0.3 is 0 Å². The average Bonchev–Trinajstić information content (AvgIpc) is 3.56. The molecule has 2 heteroatoms. The van der Waals surface area contributed by atoms with Gasteiger partial charge in [-0.2, -0.15) is 0 Å². The van der Waals surface area contributed by atoms with Crippen molar-refractivity contribution in [1.82, 2.24) is 8.97 Å². The standard InChI is InChI=1S/C35H24N2/c1-21-13-15-32-28(17-21)25-9-4-5-12-31(25)36(32)24-14-16-33-30(20-24)27-11-6-10-26-29-18-22-7-2-3-8-23(22)19-34(29)37(33)35(26)27/h2-12,14-21H,13H2,1H3. The van der Waals surface area contributed by atoms with E-state index in [0.717, 1.165) is 6.42 Å². The number of nitrogens with zero attached hydrogens (tertiary/aromatic N) is 2. The smallest absolute Gasteiger partial charge is 0.0620 e. The van der Waals surface area contributed by atoms with Crippen molar-refractivity contribution in [2.75, 3.05) is 0 Å². The summed E-state index contributed by atoms with van der Waals surface area (Å²) in [5.74, 6) is 0.569. The summed E-state index contributed by atoms with van der Waals surface area (Å²) < 4.78 is 4.95. The zero-order valence-corrected chi connectivity index (χ0v) is 20.6. The Morgan fingerprint density at radius 3 is 2.22 bits per heavy atom. The summed E-state index contributed by atoms with van der Waals surface area (Å²) >= 11 is 0. The molecule has 174 valence electrons. The predicted molar refractivity (Wildman–Crippen MR) is 157 cm³/mol. The van der Waals surface area contributed by atoms with Crippen molar-refractivity contribution < 1.29 is 0 Å². The first-order valence-corrected chi connectivity index (χ1v) is 13.2. The highest BCUT2D eigenvalue weighted by molar-refractivity contribution is 6.24. The van der Waals surface area contributed by atoms with Crippen molar-refractivity contribution in [2.24, 2.45) is 5.92 Å². The summed E-state index contributed by atoms with van der Waals surface area (Å²) in [5, 5.41) is 11.9. The van der Waals surface area contributed by atoms with Crippen LogP contribution in [0.5, 0.6) is 0 Å². The molecule has 0 saturated carbocycles. The summed E-state index contributed by atoms with van der Waals surface area (Å²) in [4.78, 5) is 0. The molecule has 1 atom stereocenters. The van der Waals surface area contributed by atoms with E-state index in [0.29, 0.717) is 5.92 Å². The van der Waals surface area contributed by atoms with Crippen molar-refractivity contribution in [2.45, 2.75) is 13.3 Å². The van der Waals surface area contributed by atoms with Crippen LogP contribution in [0, 0.1) is 5.92 Å². The first kappa shape index (κ1) is 19.6. The molecule has 9 rings (SSSR count). The number of benzene rings is 5. The molecule has 0 spiro atoms. The van der Waals surface area contributed by atoms with E-state index in [4.69, 9.17) is 0 Å². The lowest BCUT2D eigenvalue weighted by Gasteiger charge is -2.10. The van der Waals surface area contributed by atoms with E-state index in [9.17, 15) is 0 Å². The molecule has 5 aromatic carbocycles. The summed E-state index contributed by atoms with van der Waals surface area (Å²) in [5.41, 5.74) is 6.39. The van der Waals surface area contributed by atoms with Crippen LogP contribution in [0.4, 0.5) is 0 Å². The Hall–Kier alpha value is -4.56. The van der Waals surface area contributed by atoms with Crippen LogP contribution in [0.2, 0.25) is 0 Å². The molecule has 0 aliphatic heterocycles. The minimum absolute atomic E-state index is 0.569. The second-order valence-electron chi connectivity index (χ2n) is 10.7. The van der Waals surface area contributed by atoms with Crippen LogP contribution in [0.3, 0.4) is 0 Å². The molecule has 1 aliphatic rings. The topological polar surface area (TPSA) is 9.34 Å². The number of hydrogen-bond acceptors (Lipinski definition) is 0. The minimum atomic E-state index is 0.569. The second-order valence-corrected chi connectivity index (χ2v) is 10.7. The Labute approximate surface area is 213 Å². The SMILES string of the molecule is CC1C=c2c(n(-c3ccc4c(c3)c3cccc5c6cc7ccccc7cc6n4c35)c3ccccc23)=CC1. The van der Waals surface area contributed by atoms with Gasteiger partial charge in [0.1, 0.15) is 0 Å². The van der Waals surface area contributed by atoms with Gasteiger partial charge in [-0.05, 0) is 59.5 Å². The summed E-state index contributed by atoms with van der Waals surface area (Å²) in [6, 6.07) is 36.1. The van der Waals surface area contributed by atoms with Crippen molar-refractivity contribution in [3.8, 4) is 5.69 Å². The average molecular weight is 473 g/mol. The zero-order valence-electron chi connectivity index (χ0n) is 20.6. The normalized spacial score (nSPS) is 15.8. The maximum atomic E-state index is 2.48. The van der Waals surface area contributed by atoms with E-state index in [2.05, 4.69) is 125 Å². The van der Waals surface area contributed by atoms with Crippen LogP contribution >= 0.6 is 0 Å². The molecular weight excluding hydrogens is 448 g/mol. The van der Waals surface area contributed by atoms with Gasteiger partial charge in [0.2, 0.25) is 0 Å². The van der Waals surface area contributed by atoms with Gasteiger partial charge in [-0.25, -0.2) is 0 Å². The monoisotopic (exact) mass is 472 g/mol. The number of aromatic nitrogens is 2. The van der Waals surface area contributed by atoms with E-state index >= 15 is 0 Å². The summed E-state index contributed by atoms with van der Waals surface area (Å²) in [6.07, 6.45) is 5.96. The van der Waals surface area contributed by atoms with Gasteiger partial charge in [-0.3, -0.25) is 0 Å². The number of rotatable bonds is 1. The zero-order chi connectivity index (χ0) is 24.2. The lowest BCUT2D eigenvalue weighted by atomic mass is 10.0. The number of fused-ring (bicyclic) bond motifs is 10. The highest BCUT2D eigenvalue weighted by atomic mass is 15.0. The quantitative estimate of drug-likeness (QED) is 0.234. The third-order valence-electron chi connectivity index (χ3n) is 8.51. The van der Waals surface area contributed by atoms with Crippen LogP contribution in [0.1, 0.15) is 13.3 Å². The third kappa shape index (κ3) is 2.45. The van der Waals surface area contributed by atoms with Gasteiger partial charge < -0.3 is 8.97 Å². The van der Waals surface area contributed by atoms with Crippen LogP contribution in [0.25, 0.3) is 77.6 Å². The fourth-order valence-electron chi connectivity index (χ4n) is 6.88. The molecule has 0 fully saturated rings. The summed E-state index contributed by atoms with van der Waals surface area (Å²) in [6.45, 7) is 2.31. The van der Waals surface area contributed by atoms with Gasteiger partial charge in [-0.15, -0.1) is 0 Å². The highest BCUT2D eigenvalue weighted by Crippen LogP contribution is 2.40. The van der Waals surface area contributed by atoms with Crippen LogP contribution in [-0.2, 0) is 0 Å². The molecule has 1 aliphatic carbocycles. The first-order chi connectivity index (χ1) is 18.3.